The number of fused-ring (bicyclic) bond motifs is 1. The van der Waals surface area contributed by atoms with E-state index in [1.54, 1.807) is 32.0 Å². The number of nitrogens with one attached hydrogen (secondary N) is 1. The van der Waals surface area contributed by atoms with E-state index in [0.717, 1.165) is 4.68 Å². The van der Waals surface area contributed by atoms with Crippen LogP contribution in [0.25, 0.3) is 11.0 Å². The molecule has 0 amide bonds. The van der Waals surface area contributed by atoms with Gasteiger partial charge in [0, 0.05) is 0 Å². The van der Waals surface area contributed by atoms with Crippen molar-refractivity contribution in [3.05, 3.63) is 34.6 Å². The van der Waals surface area contributed by atoms with E-state index in [1.807, 2.05) is 6.07 Å². The van der Waals surface area contributed by atoms with Crippen LogP contribution in [0.2, 0.25) is 0 Å². The maximum absolute atomic E-state index is 12.2. The first-order valence-electron chi connectivity index (χ1n) is 7.41. The van der Waals surface area contributed by atoms with E-state index in [2.05, 4.69) is 10.3 Å². The van der Waals surface area contributed by atoms with E-state index in [1.165, 1.54) is 0 Å². The second-order valence-corrected chi connectivity index (χ2v) is 6.99. The van der Waals surface area contributed by atoms with Crippen LogP contribution in [0, 0.1) is 0 Å². The topological polar surface area (TPSA) is 112 Å². The zero-order chi connectivity index (χ0) is 16.9. The lowest BCUT2D eigenvalue weighted by Crippen LogP contribution is -2.31. The molecule has 8 nitrogen and oxygen atoms in total. The molecular formula is C14H22N4O4P+. The summed E-state index contributed by atoms with van der Waals surface area (Å²) in [5.41, 5.74) is 0.728. The molecule has 2 aromatic rings. The number of para-hydroxylation sites is 2. The number of rotatable bonds is 8. The minimum Gasteiger partial charge on any atom is -0.361 e. The van der Waals surface area contributed by atoms with Crippen molar-refractivity contribution in [2.45, 2.75) is 13.8 Å². The number of anilines is 1. The van der Waals surface area contributed by atoms with E-state index in [-0.39, 0.29) is 18.5 Å². The first-order valence-corrected chi connectivity index (χ1v) is 9.17. The molecule has 23 heavy (non-hydrogen) atoms. The molecule has 0 spiro atoms. The van der Waals surface area contributed by atoms with Crippen LogP contribution in [0.5, 0.6) is 0 Å². The number of aromatic nitrogens is 2. The lowest BCUT2D eigenvalue weighted by molar-refractivity contribution is 0.190. The lowest BCUT2D eigenvalue weighted by Gasteiger charge is -2.16. The molecule has 1 aromatic heterocycles. The van der Waals surface area contributed by atoms with Gasteiger partial charge in [0.15, 0.2) is 12.0 Å². The Labute approximate surface area is 134 Å². The summed E-state index contributed by atoms with van der Waals surface area (Å²) in [6.07, 6.45) is 0.243. The van der Waals surface area contributed by atoms with Crippen LogP contribution in [-0.4, -0.2) is 40.5 Å². The van der Waals surface area contributed by atoms with Crippen LogP contribution in [0.1, 0.15) is 13.8 Å². The summed E-state index contributed by atoms with van der Waals surface area (Å²) in [5.74, 6) is 5.93. The zero-order valence-corrected chi connectivity index (χ0v) is 14.1. The highest BCUT2D eigenvalue weighted by Gasteiger charge is 2.39. The van der Waals surface area contributed by atoms with Crippen LogP contribution in [0.15, 0.2) is 29.1 Å². The minimum absolute atomic E-state index is 0.130. The molecule has 126 valence electrons. The molecule has 0 saturated heterocycles. The Hall–Kier alpha value is -1.73. The molecule has 0 aliphatic carbocycles. The molecule has 1 heterocycles. The van der Waals surface area contributed by atoms with Gasteiger partial charge in [-0.2, -0.15) is 13.9 Å². The van der Waals surface area contributed by atoms with Crippen LogP contribution in [0.3, 0.4) is 0 Å². The summed E-state index contributed by atoms with van der Waals surface area (Å²) >= 11 is 0. The van der Waals surface area contributed by atoms with Gasteiger partial charge in [0.25, 0.3) is 0 Å². The summed E-state index contributed by atoms with van der Waals surface area (Å²) < 4.78 is 11.7. The summed E-state index contributed by atoms with van der Waals surface area (Å²) in [4.78, 5) is 26.7. The minimum atomic E-state index is -2.91. The van der Waals surface area contributed by atoms with Crippen molar-refractivity contribution >= 4 is 24.8 Å². The fourth-order valence-electron chi connectivity index (χ4n) is 2.15. The monoisotopic (exact) mass is 341 g/mol. The van der Waals surface area contributed by atoms with Crippen LogP contribution in [0.4, 0.5) is 5.82 Å². The quantitative estimate of drug-likeness (QED) is 0.491. The first kappa shape index (κ1) is 17.6. The smallest absolute Gasteiger partial charge is 0.361 e. The Bertz CT molecular complexity index is 715. The molecule has 0 saturated carbocycles. The van der Waals surface area contributed by atoms with Gasteiger partial charge in [-0.3, -0.25) is 4.79 Å². The fraction of sp³-hybridized carbons (Fsp3) is 0.429. The molecule has 0 radical (unpaired) electrons. The summed E-state index contributed by atoms with van der Waals surface area (Å²) in [7, 11) is -2.91. The standard InChI is InChI=1S/C14H22N4O4P/c1-3-21-23(20,22-4-2)10-9-16-13-14(19)18(15)12-8-6-5-7-11(12)17-13/h5-8,20H,3-4,9-10,15H2,1-2H3,(H,16,17)/q+1. The number of nitrogens with zero attached hydrogens (tertiary/aromatic N) is 2. The molecule has 0 bridgehead atoms. The molecule has 2 rings (SSSR count). The number of hydrogen-bond donors (Lipinski definition) is 3. The highest BCUT2D eigenvalue weighted by atomic mass is 31.2. The molecule has 1 aromatic carbocycles. The normalized spacial score (nSPS) is 11.8. The Balaban J connectivity index is 2.13. The Morgan fingerprint density at radius 1 is 1.30 bits per heavy atom. The predicted octanol–water partition coefficient (Wildman–Crippen LogP) is 1.35. The summed E-state index contributed by atoms with van der Waals surface area (Å²) in [6.45, 7) is 4.57. The van der Waals surface area contributed by atoms with Gasteiger partial charge in [-0.25, -0.2) is 9.66 Å². The highest BCUT2D eigenvalue weighted by Crippen LogP contribution is 2.56. The molecule has 0 atom stereocenters. The number of nitrogen functional groups attached to an aromatic ring is 1. The maximum Gasteiger partial charge on any atom is 0.410 e. The summed E-state index contributed by atoms with van der Waals surface area (Å²) in [5, 5.41) is 2.90. The number of benzene rings is 1. The summed E-state index contributed by atoms with van der Waals surface area (Å²) in [6, 6.07) is 7.10. The van der Waals surface area contributed by atoms with E-state index >= 15 is 0 Å². The van der Waals surface area contributed by atoms with Crippen LogP contribution in [-0.2, 0) is 9.05 Å². The van der Waals surface area contributed by atoms with Crippen molar-refractivity contribution in [3.8, 4) is 0 Å². The van der Waals surface area contributed by atoms with Gasteiger partial charge in [-0.15, -0.1) is 0 Å². The van der Waals surface area contributed by atoms with Crippen LogP contribution >= 0.6 is 7.94 Å². The Morgan fingerprint density at radius 3 is 2.61 bits per heavy atom. The van der Waals surface area contributed by atoms with E-state index < -0.39 is 13.5 Å². The third-order valence-corrected chi connectivity index (χ3v) is 5.26. The molecular weight excluding hydrogens is 319 g/mol. The van der Waals surface area contributed by atoms with Gasteiger partial charge in [-0.05, 0) is 26.0 Å². The van der Waals surface area contributed by atoms with Crippen molar-refractivity contribution in [2.24, 2.45) is 0 Å². The van der Waals surface area contributed by atoms with Gasteiger partial charge in [0.05, 0.1) is 30.8 Å². The second-order valence-electron chi connectivity index (χ2n) is 4.75. The van der Waals surface area contributed by atoms with Crippen molar-refractivity contribution in [3.63, 3.8) is 0 Å². The van der Waals surface area contributed by atoms with Crippen molar-refractivity contribution in [2.75, 3.05) is 37.1 Å². The largest absolute Gasteiger partial charge is 0.410 e. The maximum atomic E-state index is 12.2. The fourth-order valence-corrected chi connectivity index (χ4v) is 3.69. The lowest BCUT2D eigenvalue weighted by atomic mass is 10.3. The molecule has 0 fully saturated rings. The van der Waals surface area contributed by atoms with Crippen molar-refractivity contribution < 1.29 is 13.9 Å². The van der Waals surface area contributed by atoms with Gasteiger partial charge in [0.1, 0.15) is 0 Å². The highest BCUT2D eigenvalue weighted by molar-refractivity contribution is 7.60. The van der Waals surface area contributed by atoms with E-state index in [4.69, 9.17) is 14.9 Å². The number of hydrogen-bond acceptors (Lipinski definition) is 7. The van der Waals surface area contributed by atoms with Crippen molar-refractivity contribution in [1.82, 2.24) is 9.66 Å². The number of nitrogens with two attached hydrogens (primary N) is 1. The molecule has 4 N–H and O–H groups in total. The average molecular weight is 341 g/mol. The van der Waals surface area contributed by atoms with Gasteiger partial charge in [0.2, 0.25) is 0 Å². The second kappa shape index (κ2) is 7.70. The molecule has 9 heteroatoms. The van der Waals surface area contributed by atoms with Gasteiger partial charge < -0.3 is 11.2 Å². The average Bonchev–Trinajstić information content (AvgIpc) is 2.52. The molecule has 0 aliphatic heterocycles. The third kappa shape index (κ3) is 4.17. The Morgan fingerprint density at radius 2 is 1.96 bits per heavy atom. The first-order chi connectivity index (χ1) is 11.0. The third-order valence-electron chi connectivity index (χ3n) is 3.14. The molecule has 0 aliphatic rings. The predicted molar refractivity (Wildman–Crippen MR) is 91.9 cm³/mol. The van der Waals surface area contributed by atoms with E-state index in [0.29, 0.717) is 24.2 Å². The van der Waals surface area contributed by atoms with E-state index in [9.17, 15) is 9.69 Å². The SMILES string of the molecule is CCO[P+](O)(CCNc1nc2ccccc2n(N)c1=O)OCC. The zero-order valence-electron chi connectivity index (χ0n) is 13.2. The molecule has 0 unspecified atom stereocenters. The Kier molecular flexibility index (Phi) is 5.90. The van der Waals surface area contributed by atoms with Crippen molar-refractivity contribution in [1.29, 1.82) is 0 Å². The van der Waals surface area contributed by atoms with Gasteiger partial charge >= 0.3 is 13.5 Å². The van der Waals surface area contributed by atoms with Crippen LogP contribution < -0.4 is 16.7 Å². The van der Waals surface area contributed by atoms with Gasteiger partial charge in [-0.1, -0.05) is 12.1 Å².